The van der Waals surface area contributed by atoms with Gasteiger partial charge in [-0.25, -0.2) is 0 Å². The lowest BCUT2D eigenvalue weighted by Crippen LogP contribution is -2.43. The van der Waals surface area contributed by atoms with Crippen molar-refractivity contribution in [3.63, 3.8) is 0 Å². The number of benzene rings is 1. The molecule has 19 heavy (non-hydrogen) atoms. The predicted octanol–water partition coefficient (Wildman–Crippen LogP) is 2.13. The first-order valence-electron chi connectivity index (χ1n) is 6.58. The van der Waals surface area contributed by atoms with Gasteiger partial charge in [-0.15, -0.1) is 0 Å². The van der Waals surface area contributed by atoms with E-state index in [1.165, 1.54) is 5.56 Å². The molecule has 104 valence electrons. The number of carbonyl (C=O) groups is 1. The molecule has 0 spiro atoms. The fraction of sp³-hybridized carbons (Fsp3) is 0.500. The van der Waals surface area contributed by atoms with Gasteiger partial charge < -0.3 is 11.1 Å². The molecule has 0 atom stereocenters. The summed E-state index contributed by atoms with van der Waals surface area (Å²) in [5.41, 5.74) is 7.89. The third-order valence-corrected chi connectivity index (χ3v) is 4.46. The smallest absolute Gasteiger partial charge is 0.217 e. The van der Waals surface area contributed by atoms with Crippen molar-refractivity contribution in [2.24, 2.45) is 0 Å². The first-order valence-corrected chi connectivity index (χ1v) is 7.38. The van der Waals surface area contributed by atoms with Crippen molar-refractivity contribution in [2.45, 2.75) is 32.4 Å². The fourth-order valence-corrected chi connectivity index (χ4v) is 2.88. The molecule has 0 radical (unpaired) electrons. The Balaban J connectivity index is 1.89. The number of hydrogen-bond acceptors (Lipinski definition) is 3. The molecule has 0 unspecified atom stereocenters. The topological polar surface area (TPSA) is 58.4 Å². The van der Waals surface area contributed by atoms with Crippen molar-refractivity contribution in [3.8, 4) is 0 Å². The highest BCUT2D eigenvalue weighted by Crippen LogP contribution is 2.25. The molecule has 3 N–H and O–H groups in total. The maximum Gasteiger partial charge on any atom is 0.217 e. The molecule has 1 aliphatic rings. The highest BCUT2D eigenvalue weighted by Gasteiger charge is 2.20. The summed E-state index contributed by atoms with van der Waals surface area (Å²) >= 11 is 3.54. The number of halogens is 1. The second-order valence-electron chi connectivity index (χ2n) is 5.07. The van der Waals surface area contributed by atoms with E-state index < -0.39 is 0 Å². The van der Waals surface area contributed by atoms with Crippen LogP contribution >= 0.6 is 15.9 Å². The summed E-state index contributed by atoms with van der Waals surface area (Å²) in [5.74, 6) is 0.0667. The largest absolute Gasteiger partial charge is 0.398 e. The molecule has 1 aromatic rings. The zero-order valence-corrected chi connectivity index (χ0v) is 12.7. The first-order chi connectivity index (χ1) is 9.06. The number of carbonyl (C=O) groups excluding carboxylic acids is 1. The van der Waals surface area contributed by atoms with Gasteiger partial charge in [0.05, 0.1) is 0 Å². The van der Waals surface area contributed by atoms with E-state index in [0.717, 1.165) is 42.6 Å². The van der Waals surface area contributed by atoms with E-state index in [9.17, 15) is 4.79 Å². The second kappa shape index (κ2) is 6.39. The molecule has 0 aromatic heterocycles. The molecule has 1 amide bonds. The molecule has 0 saturated carbocycles. The Kier molecular flexibility index (Phi) is 4.82. The molecular formula is C14H20BrN3O. The zero-order chi connectivity index (χ0) is 13.8. The van der Waals surface area contributed by atoms with Crippen LogP contribution in [0.5, 0.6) is 0 Å². The number of nitrogens with two attached hydrogens (primary N) is 1. The summed E-state index contributed by atoms with van der Waals surface area (Å²) in [6.45, 7) is 4.49. The van der Waals surface area contributed by atoms with E-state index in [-0.39, 0.29) is 5.91 Å². The van der Waals surface area contributed by atoms with Crippen LogP contribution in [0.25, 0.3) is 0 Å². The molecule has 0 aliphatic carbocycles. The maximum atomic E-state index is 11.0. The van der Waals surface area contributed by atoms with Gasteiger partial charge in [0.1, 0.15) is 0 Å². The van der Waals surface area contributed by atoms with Gasteiger partial charge in [-0.05, 0) is 40.4 Å². The van der Waals surface area contributed by atoms with Gasteiger partial charge in [-0.1, -0.05) is 12.1 Å². The van der Waals surface area contributed by atoms with Crippen LogP contribution in [-0.4, -0.2) is 29.9 Å². The van der Waals surface area contributed by atoms with Crippen molar-refractivity contribution in [1.82, 2.24) is 10.2 Å². The van der Waals surface area contributed by atoms with Gasteiger partial charge in [0.25, 0.3) is 0 Å². The minimum atomic E-state index is 0.0667. The number of rotatable bonds is 3. The standard InChI is InChI=1S/C14H20BrN3O/c1-10(19)17-12-5-7-18(8-6-12)9-11-3-2-4-13(16)14(11)15/h2-4,12H,5-9,16H2,1H3,(H,17,19). The number of amides is 1. The zero-order valence-electron chi connectivity index (χ0n) is 11.2. The minimum Gasteiger partial charge on any atom is -0.398 e. The minimum absolute atomic E-state index is 0.0667. The summed E-state index contributed by atoms with van der Waals surface area (Å²) in [6, 6.07) is 6.31. The number of piperidine rings is 1. The van der Waals surface area contributed by atoms with Gasteiger partial charge in [0, 0.05) is 42.8 Å². The van der Waals surface area contributed by atoms with Crippen molar-refractivity contribution in [2.75, 3.05) is 18.8 Å². The highest BCUT2D eigenvalue weighted by molar-refractivity contribution is 9.10. The molecular weight excluding hydrogens is 306 g/mol. The van der Waals surface area contributed by atoms with Crippen LogP contribution in [0.3, 0.4) is 0 Å². The van der Waals surface area contributed by atoms with Crippen LogP contribution in [0.1, 0.15) is 25.3 Å². The number of nitrogens with one attached hydrogen (secondary N) is 1. The third-order valence-electron chi connectivity index (χ3n) is 3.50. The average molecular weight is 326 g/mol. The Morgan fingerprint density at radius 1 is 1.47 bits per heavy atom. The molecule has 4 nitrogen and oxygen atoms in total. The lowest BCUT2D eigenvalue weighted by atomic mass is 10.0. The Morgan fingerprint density at radius 3 is 2.79 bits per heavy atom. The van der Waals surface area contributed by atoms with Crippen LogP contribution in [0.2, 0.25) is 0 Å². The van der Waals surface area contributed by atoms with E-state index in [4.69, 9.17) is 5.73 Å². The predicted molar refractivity (Wildman–Crippen MR) is 80.7 cm³/mol. The molecule has 1 aliphatic heterocycles. The van der Waals surface area contributed by atoms with E-state index >= 15 is 0 Å². The molecule has 1 heterocycles. The van der Waals surface area contributed by atoms with Crippen molar-refractivity contribution < 1.29 is 4.79 Å². The lowest BCUT2D eigenvalue weighted by Gasteiger charge is -2.32. The van der Waals surface area contributed by atoms with Gasteiger partial charge >= 0.3 is 0 Å². The average Bonchev–Trinajstić information content (AvgIpc) is 2.37. The SMILES string of the molecule is CC(=O)NC1CCN(Cc2cccc(N)c2Br)CC1. The van der Waals surface area contributed by atoms with Gasteiger partial charge in [-0.3, -0.25) is 9.69 Å². The van der Waals surface area contributed by atoms with Crippen LogP contribution in [-0.2, 0) is 11.3 Å². The van der Waals surface area contributed by atoms with Gasteiger partial charge in [0.2, 0.25) is 5.91 Å². The summed E-state index contributed by atoms with van der Waals surface area (Å²) in [5, 5.41) is 2.99. The van der Waals surface area contributed by atoms with E-state index in [1.54, 1.807) is 6.92 Å². The molecule has 1 aromatic carbocycles. The maximum absolute atomic E-state index is 11.0. The Hall–Kier alpha value is -1.07. The fourth-order valence-electron chi connectivity index (χ4n) is 2.49. The summed E-state index contributed by atoms with van der Waals surface area (Å²) in [6.07, 6.45) is 2.03. The molecule has 1 saturated heterocycles. The van der Waals surface area contributed by atoms with Crippen LogP contribution in [0, 0.1) is 0 Å². The van der Waals surface area contributed by atoms with Crippen molar-refractivity contribution >= 4 is 27.5 Å². The molecule has 5 heteroatoms. The highest BCUT2D eigenvalue weighted by atomic mass is 79.9. The Bertz CT molecular complexity index is 456. The summed E-state index contributed by atoms with van der Waals surface area (Å²) in [4.78, 5) is 13.4. The first kappa shape index (κ1) is 14.3. The van der Waals surface area contributed by atoms with Crippen LogP contribution in [0.15, 0.2) is 22.7 Å². The molecule has 1 fully saturated rings. The molecule has 0 bridgehead atoms. The van der Waals surface area contributed by atoms with Crippen LogP contribution in [0.4, 0.5) is 5.69 Å². The van der Waals surface area contributed by atoms with Crippen LogP contribution < -0.4 is 11.1 Å². The van der Waals surface area contributed by atoms with Crippen molar-refractivity contribution in [1.29, 1.82) is 0 Å². The van der Waals surface area contributed by atoms with E-state index in [1.807, 2.05) is 12.1 Å². The summed E-state index contributed by atoms with van der Waals surface area (Å²) in [7, 11) is 0. The quantitative estimate of drug-likeness (QED) is 0.837. The van der Waals surface area contributed by atoms with Crippen molar-refractivity contribution in [3.05, 3.63) is 28.2 Å². The van der Waals surface area contributed by atoms with E-state index in [0.29, 0.717) is 6.04 Å². The third kappa shape index (κ3) is 3.94. The Labute approximate surface area is 122 Å². The normalized spacial score (nSPS) is 17.4. The number of nitrogens with zero attached hydrogens (tertiary/aromatic N) is 1. The van der Waals surface area contributed by atoms with Gasteiger partial charge in [0.15, 0.2) is 0 Å². The second-order valence-corrected chi connectivity index (χ2v) is 5.86. The Morgan fingerprint density at radius 2 is 2.16 bits per heavy atom. The number of nitrogen functional groups attached to an aromatic ring is 1. The van der Waals surface area contributed by atoms with Gasteiger partial charge in [-0.2, -0.15) is 0 Å². The monoisotopic (exact) mass is 325 g/mol. The number of likely N-dealkylation sites (tertiary alicyclic amines) is 1. The lowest BCUT2D eigenvalue weighted by molar-refractivity contribution is -0.119. The summed E-state index contributed by atoms with van der Waals surface area (Å²) < 4.78 is 0.999. The molecule has 2 rings (SSSR count). The number of hydrogen-bond donors (Lipinski definition) is 2. The van der Waals surface area contributed by atoms with E-state index in [2.05, 4.69) is 32.2 Å². The number of anilines is 1.